The molecule has 0 aliphatic heterocycles. The maximum Gasteiger partial charge on any atom is 0 e. The predicted molar refractivity (Wildman–Crippen MR) is 59.8 cm³/mol. The molecular formula is C12H10Na. The summed E-state index contributed by atoms with van der Waals surface area (Å²) in [5.41, 5.74) is 1.20. The smallest absolute Gasteiger partial charge is 0 e. The quantitative estimate of drug-likeness (QED) is 0.587. The fourth-order valence-electron chi connectivity index (χ4n) is 1.43. The van der Waals surface area contributed by atoms with Crippen molar-refractivity contribution in [3.05, 3.63) is 54.6 Å². The molecule has 0 bridgehead atoms. The molecule has 1 radical (unpaired) electrons. The van der Waals surface area contributed by atoms with E-state index in [0.717, 1.165) is 0 Å². The Morgan fingerprint density at radius 1 is 0.923 bits per heavy atom. The summed E-state index contributed by atoms with van der Waals surface area (Å²) in [4.78, 5) is 0. The van der Waals surface area contributed by atoms with Gasteiger partial charge in [-0.2, -0.15) is 0 Å². The maximum absolute atomic E-state index is 3.78. The molecule has 0 unspecified atom stereocenters. The van der Waals surface area contributed by atoms with E-state index in [1.807, 2.05) is 6.08 Å². The van der Waals surface area contributed by atoms with Gasteiger partial charge in [-0.25, -0.2) is 0 Å². The first-order valence-corrected chi connectivity index (χ1v) is 4.02. The normalized spacial score (nSPS) is 9.23. The fourth-order valence-corrected chi connectivity index (χ4v) is 1.43. The molecule has 0 aromatic heterocycles. The average Bonchev–Trinajstić information content (AvgIpc) is 2.17. The van der Waals surface area contributed by atoms with Gasteiger partial charge in [-0.3, -0.25) is 0 Å². The van der Waals surface area contributed by atoms with E-state index in [4.69, 9.17) is 0 Å². The molecule has 1 heteroatoms. The first kappa shape index (κ1) is 10.5. The Balaban J connectivity index is 0.000000845. The van der Waals surface area contributed by atoms with Gasteiger partial charge < -0.3 is 0 Å². The van der Waals surface area contributed by atoms with Crippen LogP contribution in [0.2, 0.25) is 0 Å². The van der Waals surface area contributed by atoms with Crippen LogP contribution in [0.25, 0.3) is 16.8 Å². The van der Waals surface area contributed by atoms with Gasteiger partial charge in [0.05, 0.1) is 0 Å². The van der Waals surface area contributed by atoms with Crippen molar-refractivity contribution in [2.75, 3.05) is 0 Å². The minimum absolute atomic E-state index is 0. The molecule has 0 aliphatic rings. The van der Waals surface area contributed by atoms with Crippen LogP contribution < -0.4 is 0 Å². The van der Waals surface area contributed by atoms with Gasteiger partial charge in [0.2, 0.25) is 0 Å². The fraction of sp³-hybridized carbons (Fsp3) is 0. The zero-order chi connectivity index (χ0) is 8.39. The van der Waals surface area contributed by atoms with Crippen molar-refractivity contribution >= 4 is 46.4 Å². The summed E-state index contributed by atoms with van der Waals surface area (Å²) in [5.74, 6) is 0. The Labute approximate surface area is 101 Å². The third-order valence-corrected chi connectivity index (χ3v) is 2.04. The Morgan fingerprint density at radius 2 is 1.62 bits per heavy atom. The minimum atomic E-state index is 0. The monoisotopic (exact) mass is 177 g/mol. The Kier molecular flexibility index (Phi) is 3.73. The largest absolute Gasteiger partial charge is 0.0984 e. The molecule has 59 valence electrons. The summed E-state index contributed by atoms with van der Waals surface area (Å²) in [6.07, 6.45) is 1.89. The van der Waals surface area contributed by atoms with Crippen molar-refractivity contribution in [3.8, 4) is 0 Å². The van der Waals surface area contributed by atoms with Crippen LogP contribution in [0, 0.1) is 0 Å². The van der Waals surface area contributed by atoms with Crippen molar-refractivity contribution in [1.82, 2.24) is 0 Å². The average molecular weight is 177 g/mol. The van der Waals surface area contributed by atoms with Crippen molar-refractivity contribution in [1.29, 1.82) is 0 Å². The van der Waals surface area contributed by atoms with Crippen molar-refractivity contribution in [2.24, 2.45) is 0 Å². The van der Waals surface area contributed by atoms with Crippen molar-refractivity contribution in [3.63, 3.8) is 0 Å². The number of hydrogen-bond acceptors (Lipinski definition) is 0. The van der Waals surface area contributed by atoms with Gasteiger partial charge in [0.1, 0.15) is 0 Å². The van der Waals surface area contributed by atoms with E-state index in [-0.39, 0.29) is 29.6 Å². The molecule has 0 nitrogen and oxygen atoms in total. The number of hydrogen-bond donors (Lipinski definition) is 0. The summed E-state index contributed by atoms with van der Waals surface area (Å²) < 4.78 is 0. The second-order valence-electron chi connectivity index (χ2n) is 2.77. The van der Waals surface area contributed by atoms with Crippen LogP contribution in [0.15, 0.2) is 49.0 Å². The molecule has 0 amide bonds. The molecule has 0 N–H and O–H groups in total. The van der Waals surface area contributed by atoms with Gasteiger partial charge in [0.25, 0.3) is 0 Å². The summed E-state index contributed by atoms with van der Waals surface area (Å²) in [7, 11) is 0. The summed E-state index contributed by atoms with van der Waals surface area (Å²) in [5, 5.41) is 2.55. The topological polar surface area (TPSA) is 0 Å². The van der Waals surface area contributed by atoms with Gasteiger partial charge in [-0.05, 0) is 16.3 Å². The third kappa shape index (κ3) is 2.02. The Bertz CT molecular complexity index is 413. The summed E-state index contributed by atoms with van der Waals surface area (Å²) in [6.45, 7) is 3.78. The molecule has 0 saturated heterocycles. The number of benzene rings is 2. The number of fused-ring (bicyclic) bond motifs is 1. The molecule has 2 rings (SSSR count). The second-order valence-corrected chi connectivity index (χ2v) is 2.77. The first-order valence-electron chi connectivity index (χ1n) is 4.02. The van der Waals surface area contributed by atoms with Crippen LogP contribution in [0.3, 0.4) is 0 Å². The first-order chi connectivity index (χ1) is 5.92. The molecule has 0 atom stereocenters. The zero-order valence-electron chi connectivity index (χ0n) is 7.83. The van der Waals surface area contributed by atoms with E-state index in [2.05, 4.69) is 49.0 Å². The molecule has 0 spiro atoms. The van der Waals surface area contributed by atoms with Crippen LogP contribution in [0.1, 0.15) is 5.56 Å². The van der Waals surface area contributed by atoms with Crippen LogP contribution in [0.4, 0.5) is 0 Å². The van der Waals surface area contributed by atoms with E-state index in [9.17, 15) is 0 Å². The van der Waals surface area contributed by atoms with Gasteiger partial charge in [-0.1, -0.05) is 55.1 Å². The van der Waals surface area contributed by atoms with Gasteiger partial charge in [0.15, 0.2) is 0 Å². The van der Waals surface area contributed by atoms with Crippen molar-refractivity contribution in [2.45, 2.75) is 0 Å². The van der Waals surface area contributed by atoms with Crippen molar-refractivity contribution < 1.29 is 0 Å². The molecule has 0 aliphatic carbocycles. The number of rotatable bonds is 1. The Hall–Kier alpha value is -0.560. The van der Waals surface area contributed by atoms with Gasteiger partial charge in [0, 0.05) is 29.6 Å². The van der Waals surface area contributed by atoms with E-state index in [0.29, 0.717) is 0 Å². The van der Waals surface area contributed by atoms with Gasteiger partial charge >= 0.3 is 0 Å². The zero-order valence-corrected chi connectivity index (χ0v) is 9.83. The van der Waals surface area contributed by atoms with Gasteiger partial charge in [-0.15, -0.1) is 0 Å². The SMILES string of the molecule is C=Cc1cccc2ccccc12.[Na]. The molecule has 0 saturated carbocycles. The van der Waals surface area contributed by atoms with E-state index in [1.54, 1.807) is 0 Å². The molecule has 0 fully saturated rings. The molecule has 13 heavy (non-hydrogen) atoms. The van der Waals surface area contributed by atoms with Crippen LogP contribution in [0.5, 0.6) is 0 Å². The minimum Gasteiger partial charge on any atom is -0.0984 e. The van der Waals surface area contributed by atoms with E-state index < -0.39 is 0 Å². The van der Waals surface area contributed by atoms with E-state index >= 15 is 0 Å². The van der Waals surface area contributed by atoms with E-state index in [1.165, 1.54) is 16.3 Å². The molecule has 2 aromatic rings. The predicted octanol–water partition coefficient (Wildman–Crippen LogP) is 3.10. The second kappa shape index (κ2) is 4.61. The molecule has 0 heterocycles. The summed E-state index contributed by atoms with van der Waals surface area (Å²) in [6, 6.07) is 14.6. The van der Waals surface area contributed by atoms with Crippen LogP contribution in [-0.4, -0.2) is 29.6 Å². The third-order valence-electron chi connectivity index (χ3n) is 2.04. The Morgan fingerprint density at radius 3 is 2.38 bits per heavy atom. The summed E-state index contributed by atoms with van der Waals surface area (Å²) >= 11 is 0. The van der Waals surface area contributed by atoms with Crippen LogP contribution in [-0.2, 0) is 0 Å². The van der Waals surface area contributed by atoms with Crippen LogP contribution >= 0.6 is 0 Å². The standard InChI is InChI=1S/C12H10.Na/c1-2-10-7-5-8-11-6-3-4-9-12(10)11;/h2-9H,1H2;. The molecular weight excluding hydrogens is 167 g/mol. The maximum atomic E-state index is 3.78. The molecule has 2 aromatic carbocycles.